The fourth-order valence-electron chi connectivity index (χ4n) is 2.95. The van der Waals surface area contributed by atoms with E-state index >= 15 is 0 Å². The molecule has 2 aliphatic heterocycles. The van der Waals surface area contributed by atoms with Crippen molar-refractivity contribution < 1.29 is 24.9 Å². The molecule has 0 saturated carbocycles. The lowest BCUT2D eigenvalue weighted by molar-refractivity contribution is -0.146. The zero-order valence-corrected chi connectivity index (χ0v) is 13.2. The highest BCUT2D eigenvalue weighted by molar-refractivity contribution is 8.03. The van der Waals surface area contributed by atoms with Crippen molar-refractivity contribution in [3.8, 4) is 0 Å². The highest BCUT2D eigenvalue weighted by Crippen LogP contribution is 2.37. The molecular formula is C14H22N2O5S. The first-order valence-corrected chi connectivity index (χ1v) is 8.29. The van der Waals surface area contributed by atoms with Crippen molar-refractivity contribution in [3.63, 3.8) is 0 Å². The van der Waals surface area contributed by atoms with E-state index in [4.69, 9.17) is 0 Å². The van der Waals surface area contributed by atoms with Crippen molar-refractivity contribution in [3.05, 3.63) is 10.6 Å². The number of nitrogens with one attached hydrogen (secondary N) is 2. The molecule has 7 nitrogen and oxygen atoms in total. The average Bonchev–Trinajstić information content (AvgIpc) is 2.82. The molecule has 0 bridgehead atoms. The molecule has 0 radical (unpaired) electrons. The summed E-state index contributed by atoms with van der Waals surface area (Å²) in [6.45, 7) is 3.24. The largest absolute Gasteiger partial charge is 0.481 e. The number of aliphatic hydroxyl groups excluding tert-OH is 1. The smallest absolute Gasteiger partial charge is 0.352 e. The van der Waals surface area contributed by atoms with E-state index in [0.717, 1.165) is 25.9 Å². The molecule has 5 N–H and O–H groups in total. The van der Waals surface area contributed by atoms with Crippen LogP contribution in [0.2, 0.25) is 0 Å². The van der Waals surface area contributed by atoms with E-state index in [9.17, 15) is 24.9 Å². The molecule has 0 aromatic rings. The van der Waals surface area contributed by atoms with E-state index in [0.29, 0.717) is 16.6 Å². The highest BCUT2D eigenvalue weighted by atomic mass is 32.2. The van der Waals surface area contributed by atoms with Gasteiger partial charge in [0.15, 0.2) is 0 Å². The maximum atomic E-state index is 11.4. The van der Waals surface area contributed by atoms with Crippen LogP contribution in [-0.4, -0.2) is 57.7 Å². The summed E-state index contributed by atoms with van der Waals surface area (Å²) in [5.74, 6) is -3.22. The lowest BCUT2D eigenvalue weighted by Gasteiger charge is -2.24. The molecule has 8 heteroatoms. The SMILES string of the molecule is C[C@@H](O)C(C(=O)O)[C@H]1CC(SC2CCNCC2)=C(C(=O)O)N1. The van der Waals surface area contributed by atoms with Gasteiger partial charge in [0.25, 0.3) is 0 Å². The van der Waals surface area contributed by atoms with E-state index in [1.165, 1.54) is 18.7 Å². The lowest BCUT2D eigenvalue weighted by Crippen LogP contribution is -2.43. The zero-order valence-electron chi connectivity index (χ0n) is 12.4. The number of piperidine rings is 1. The van der Waals surface area contributed by atoms with Gasteiger partial charge in [-0.25, -0.2) is 4.79 Å². The van der Waals surface area contributed by atoms with Crippen LogP contribution in [0.5, 0.6) is 0 Å². The second-order valence-electron chi connectivity index (χ2n) is 5.73. The quantitative estimate of drug-likeness (QED) is 0.469. The summed E-state index contributed by atoms with van der Waals surface area (Å²) in [6.07, 6.45) is 1.21. The number of rotatable bonds is 6. The Bertz CT molecular complexity index is 474. The van der Waals surface area contributed by atoms with Gasteiger partial charge in [0, 0.05) is 22.6 Å². The van der Waals surface area contributed by atoms with Crippen molar-refractivity contribution in [2.24, 2.45) is 5.92 Å². The van der Waals surface area contributed by atoms with Crippen LogP contribution in [0, 0.1) is 5.92 Å². The van der Waals surface area contributed by atoms with Gasteiger partial charge >= 0.3 is 11.9 Å². The number of carboxylic acids is 2. The fraction of sp³-hybridized carbons (Fsp3) is 0.714. The minimum Gasteiger partial charge on any atom is -0.481 e. The molecule has 0 aromatic carbocycles. The van der Waals surface area contributed by atoms with Crippen LogP contribution in [0.4, 0.5) is 0 Å². The van der Waals surface area contributed by atoms with E-state index in [1.54, 1.807) is 0 Å². The Morgan fingerprint density at radius 1 is 1.27 bits per heavy atom. The second kappa shape index (κ2) is 7.34. The third kappa shape index (κ3) is 3.93. The van der Waals surface area contributed by atoms with Gasteiger partial charge < -0.3 is 26.0 Å². The van der Waals surface area contributed by atoms with Crippen molar-refractivity contribution in [1.82, 2.24) is 10.6 Å². The van der Waals surface area contributed by atoms with Crippen LogP contribution >= 0.6 is 11.8 Å². The monoisotopic (exact) mass is 330 g/mol. The molecule has 0 aliphatic carbocycles. The van der Waals surface area contributed by atoms with Gasteiger partial charge in [0.1, 0.15) is 11.6 Å². The molecule has 2 rings (SSSR count). The van der Waals surface area contributed by atoms with Gasteiger partial charge in [-0.2, -0.15) is 0 Å². The summed E-state index contributed by atoms with van der Waals surface area (Å²) in [7, 11) is 0. The predicted molar refractivity (Wildman–Crippen MR) is 82.5 cm³/mol. The molecule has 1 unspecified atom stereocenters. The number of carbonyl (C=O) groups is 2. The number of carboxylic acid groups (broad SMARTS) is 2. The third-order valence-electron chi connectivity index (χ3n) is 4.06. The van der Waals surface area contributed by atoms with Crippen molar-refractivity contribution in [1.29, 1.82) is 0 Å². The van der Waals surface area contributed by atoms with Crippen LogP contribution in [0.25, 0.3) is 0 Å². The van der Waals surface area contributed by atoms with Gasteiger partial charge in [-0.1, -0.05) is 0 Å². The molecule has 2 heterocycles. The van der Waals surface area contributed by atoms with Gasteiger partial charge in [-0.05, 0) is 32.9 Å². The Morgan fingerprint density at radius 2 is 1.91 bits per heavy atom. The van der Waals surface area contributed by atoms with Crippen LogP contribution in [-0.2, 0) is 9.59 Å². The van der Waals surface area contributed by atoms with E-state index in [1.807, 2.05) is 0 Å². The Hall–Kier alpha value is -1.25. The van der Waals surface area contributed by atoms with Crippen molar-refractivity contribution >= 4 is 23.7 Å². The molecule has 1 saturated heterocycles. The number of hydrogen-bond donors (Lipinski definition) is 5. The first-order valence-electron chi connectivity index (χ1n) is 7.41. The maximum absolute atomic E-state index is 11.4. The molecule has 0 amide bonds. The third-order valence-corrected chi connectivity index (χ3v) is 5.52. The minimum absolute atomic E-state index is 0.0837. The first kappa shape index (κ1) is 17.1. The lowest BCUT2D eigenvalue weighted by atomic mass is 9.93. The van der Waals surface area contributed by atoms with Gasteiger partial charge in [-0.3, -0.25) is 4.79 Å². The summed E-state index contributed by atoms with van der Waals surface area (Å²) in [5.41, 5.74) is 0.0837. The average molecular weight is 330 g/mol. The highest BCUT2D eigenvalue weighted by Gasteiger charge is 2.39. The molecular weight excluding hydrogens is 308 g/mol. The molecule has 3 atom stereocenters. The topological polar surface area (TPSA) is 119 Å². The standard InChI is InChI=1S/C14H22N2O5S/c1-7(17)11(13(18)19)9-6-10(12(16-9)14(20)21)22-8-2-4-15-5-3-8/h7-9,11,15-17H,2-6H2,1H3,(H,18,19)(H,20,21)/t7-,9-,11?/m1/s1. The van der Waals surface area contributed by atoms with Gasteiger partial charge in [0.2, 0.25) is 0 Å². The number of thioether (sulfide) groups is 1. The fourth-order valence-corrected chi connectivity index (χ4v) is 4.37. The first-order chi connectivity index (χ1) is 10.4. The minimum atomic E-state index is -1.12. The summed E-state index contributed by atoms with van der Waals surface area (Å²) in [6, 6.07) is -0.590. The van der Waals surface area contributed by atoms with Crippen LogP contribution < -0.4 is 10.6 Å². The Morgan fingerprint density at radius 3 is 2.41 bits per heavy atom. The van der Waals surface area contributed by atoms with Crippen LogP contribution in [0.15, 0.2) is 10.6 Å². The van der Waals surface area contributed by atoms with Crippen LogP contribution in [0.1, 0.15) is 26.2 Å². The molecule has 1 fully saturated rings. The van der Waals surface area contributed by atoms with Crippen molar-refractivity contribution in [2.75, 3.05) is 13.1 Å². The Kier molecular flexibility index (Phi) is 5.71. The van der Waals surface area contributed by atoms with E-state index in [-0.39, 0.29) is 5.70 Å². The van der Waals surface area contributed by atoms with Crippen LogP contribution in [0.3, 0.4) is 0 Å². The summed E-state index contributed by atoms with van der Waals surface area (Å²) in [5, 5.41) is 34.7. The Labute approximate surface area is 133 Å². The normalized spacial score (nSPS) is 25.6. The van der Waals surface area contributed by atoms with Gasteiger partial charge in [-0.15, -0.1) is 11.8 Å². The summed E-state index contributed by atoms with van der Waals surface area (Å²) >= 11 is 1.53. The summed E-state index contributed by atoms with van der Waals surface area (Å²) in [4.78, 5) is 23.4. The van der Waals surface area contributed by atoms with Gasteiger partial charge in [0.05, 0.1) is 6.10 Å². The zero-order chi connectivity index (χ0) is 16.3. The molecule has 124 valence electrons. The second-order valence-corrected chi connectivity index (χ2v) is 7.13. The Balaban J connectivity index is 2.10. The van der Waals surface area contributed by atoms with Crippen molar-refractivity contribution in [2.45, 2.75) is 43.6 Å². The predicted octanol–water partition coefficient (Wildman–Crippen LogP) is 0.211. The van der Waals surface area contributed by atoms with E-state index in [2.05, 4.69) is 10.6 Å². The number of hydrogen-bond acceptors (Lipinski definition) is 6. The molecule has 22 heavy (non-hydrogen) atoms. The maximum Gasteiger partial charge on any atom is 0.352 e. The van der Waals surface area contributed by atoms with E-state index < -0.39 is 30.0 Å². The summed E-state index contributed by atoms with van der Waals surface area (Å²) < 4.78 is 0. The molecule has 0 aromatic heterocycles. The molecule has 2 aliphatic rings. The number of aliphatic hydroxyl groups is 1. The molecule has 0 spiro atoms. The number of aliphatic carboxylic acids is 2.